The van der Waals surface area contributed by atoms with Crippen LogP contribution in [-0.2, 0) is 20.8 Å². The summed E-state index contributed by atoms with van der Waals surface area (Å²) >= 11 is 0. The maximum atomic E-state index is 12.8. The van der Waals surface area contributed by atoms with E-state index in [0.717, 1.165) is 32.5 Å². The quantitative estimate of drug-likeness (QED) is 0.647. The molecule has 1 fully saturated rings. The van der Waals surface area contributed by atoms with Crippen molar-refractivity contribution in [2.24, 2.45) is 5.92 Å². The molecule has 1 aliphatic rings. The number of likely N-dealkylation sites (tertiary alicyclic amines) is 1. The number of carbonyl (C=O) groups excluding carboxylic acids is 2. The van der Waals surface area contributed by atoms with Gasteiger partial charge in [0.2, 0.25) is 5.91 Å². The van der Waals surface area contributed by atoms with Crippen molar-refractivity contribution in [1.29, 1.82) is 0 Å². The Balaban J connectivity index is 1.51. The van der Waals surface area contributed by atoms with E-state index in [1.807, 2.05) is 24.3 Å². The largest absolute Gasteiger partial charge is 0.447 e. The zero-order valence-electron chi connectivity index (χ0n) is 17.3. The summed E-state index contributed by atoms with van der Waals surface area (Å²) in [5.41, 5.74) is 2.47. The second-order valence-corrected chi connectivity index (χ2v) is 7.38. The Morgan fingerprint density at radius 2 is 1.80 bits per heavy atom. The topological polar surface area (TPSA) is 79.9 Å². The fourth-order valence-corrected chi connectivity index (χ4v) is 3.55. The highest BCUT2D eigenvalue weighted by Gasteiger charge is 2.26. The minimum Gasteiger partial charge on any atom is -0.447 e. The molecular weight excluding hydrogens is 382 g/mol. The van der Waals surface area contributed by atoms with Crippen molar-refractivity contribution < 1.29 is 19.1 Å². The average molecular weight is 412 g/mol. The summed E-state index contributed by atoms with van der Waals surface area (Å²) in [6.45, 7) is 3.12. The van der Waals surface area contributed by atoms with Gasteiger partial charge in [-0.1, -0.05) is 36.4 Å². The number of anilines is 2. The first-order chi connectivity index (χ1) is 14.6. The third-order valence-electron chi connectivity index (χ3n) is 5.02. The normalized spacial score (nSPS) is 16.6. The summed E-state index contributed by atoms with van der Waals surface area (Å²) in [6, 6.07) is 17.4. The molecule has 7 heteroatoms. The maximum Gasteiger partial charge on any atom is 0.411 e. The molecule has 160 valence electrons. The zero-order chi connectivity index (χ0) is 21.2. The van der Waals surface area contributed by atoms with E-state index >= 15 is 0 Å². The van der Waals surface area contributed by atoms with Crippen LogP contribution in [-0.4, -0.2) is 50.3 Å². The van der Waals surface area contributed by atoms with Gasteiger partial charge in [-0.2, -0.15) is 0 Å². The van der Waals surface area contributed by atoms with Crippen LogP contribution in [0.4, 0.5) is 16.2 Å². The van der Waals surface area contributed by atoms with Crippen molar-refractivity contribution in [3.8, 4) is 0 Å². The molecule has 1 unspecified atom stereocenters. The highest BCUT2D eigenvalue weighted by atomic mass is 16.6. The predicted octanol–water partition coefficient (Wildman–Crippen LogP) is 3.73. The van der Waals surface area contributed by atoms with Crippen LogP contribution in [0, 0.1) is 5.92 Å². The highest BCUT2D eigenvalue weighted by molar-refractivity contribution is 5.94. The van der Waals surface area contributed by atoms with Crippen LogP contribution >= 0.6 is 0 Å². The highest BCUT2D eigenvalue weighted by Crippen LogP contribution is 2.22. The van der Waals surface area contributed by atoms with E-state index < -0.39 is 6.09 Å². The SMILES string of the molecule is COCCOC(=O)Nc1cccc(NC(=O)C2CCCN(Cc3ccccc3)C2)c1. The van der Waals surface area contributed by atoms with Crippen LogP contribution in [0.15, 0.2) is 54.6 Å². The van der Waals surface area contributed by atoms with Crippen molar-refractivity contribution in [3.05, 3.63) is 60.2 Å². The Kier molecular flexibility index (Phi) is 8.23. The number of nitrogens with one attached hydrogen (secondary N) is 2. The van der Waals surface area contributed by atoms with Crippen molar-refractivity contribution in [2.75, 3.05) is 44.0 Å². The van der Waals surface area contributed by atoms with Gasteiger partial charge in [0.15, 0.2) is 0 Å². The number of methoxy groups -OCH3 is 1. The van der Waals surface area contributed by atoms with Gasteiger partial charge >= 0.3 is 6.09 Å². The minimum absolute atomic E-state index is 0.00702. The van der Waals surface area contributed by atoms with Gasteiger partial charge in [-0.3, -0.25) is 15.0 Å². The van der Waals surface area contributed by atoms with Gasteiger partial charge in [0.05, 0.1) is 12.5 Å². The van der Waals surface area contributed by atoms with Crippen LogP contribution in [0.1, 0.15) is 18.4 Å². The molecule has 1 saturated heterocycles. The van der Waals surface area contributed by atoms with Gasteiger partial charge in [0.25, 0.3) is 0 Å². The van der Waals surface area contributed by atoms with E-state index in [1.54, 1.807) is 25.3 Å². The summed E-state index contributed by atoms with van der Waals surface area (Å²) in [6.07, 6.45) is 1.32. The summed E-state index contributed by atoms with van der Waals surface area (Å²) in [7, 11) is 1.54. The van der Waals surface area contributed by atoms with E-state index in [9.17, 15) is 9.59 Å². The number of amides is 2. The third-order valence-corrected chi connectivity index (χ3v) is 5.02. The zero-order valence-corrected chi connectivity index (χ0v) is 17.3. The molecule has 2 amide bonds. The molecule has 2 aromatic carbocycles. The molecule has 30 heavy (non-hydrogen) atoms. The molecule has 2 aromatic rings. The molecule has 2 N–H and O–H groups in total. The first kappa shape index (κ1) is 21.8. The summed E-state index contributed by atoms with van der Waals surface area (Å²) < 4.78 is 9.84. The van der Waals surface area contributed by atoms with Crippen molar-refractivity contribution in [2.45, 2.75) is 19.4 Å². The molecule has 0 bridgehead atoms. The monoisotopic (exact) mass is 411 g/mol. The molecule has 1 heterocycles. The Morgan fingerprint density at radius 3 is 2.57 bits per heavy atom. The second kappa shape index (κ2) is 11.3. The molecule has 1 aliphatic heterocycles. The molecule has 0 saturated carbocycles. The molecule has 0 aromatic heterocycles. The van der Waals surface area contributed by atoms with Gasteiger partial charge in [0, 0.05) is 31.6 Å². The standard InChI is InChI=1S/C23H29N3O4/c1-29-13-14-30-23(28)25-21-11-5-10-20(15-21)24-22(27)19-9-6-12-26(17-19)16-18-7-3-2-4-8-18/h2-5,7-8,10-11,15,19H,6,9,12-14,16-17H2,1H3,(H,24,27)(H,25,28). The number of piperidine rings is 1. The number of carbonyl (C=O) groups is 2. The molecule has 0 radical (unpaired) electrons. The first-order valence-electron chi connectivity index (χ1n) is 10.2. The average Bonchev–Trinajstić information content (AvgIpc) is 2.75. The van der Waals surface area contributed by atoms with Crippen LogP contribution in [0.3, 0.4) is 0 Å². The third kappa shape index (κ3) is 6.86. The maximum absolute atomic E-state index is 12.8. The van der Waals surface area contributed by atoms with Crippen LogP contribution < -0.4 is 10.6 Å². The lowest BCUT2D eigenvalue weighted by molar-refractivity contribution is -0.121. The second-order valence-electron chi connectivity index (χ2n) is 7.38. The van der Waals surface area contributed by atoms with E-state index in [1.165, 1.54) is 5.56 Å². The first-order valence-corrected chi connectivity index (χ1v) is 10.2. The van der Waals surface area contributed by atoms with Crippen molar-refractivity contribution in [1.82, 2.24) is 4.90 Å². The molecule has 0 spiro atoms. The van der Waals surface area contributed by atoms with Crippen LogP contribution in [0.25, 0.3) is 0 Å². The Labute approximate surface area is 177 Å². The van der Waals surface area contributed by atoms with E-state index in [4.69, 9.17) is 9.47 Å². The van der Waals surface area contributed by atoms with Gasteiger partial charge in [0.1, 0.15) is 6.61 Å². The van der Waals surface area contributed by atoms with Gasteiger partial charge in [-0.25, -0.2) is 4.79 Å². The van der Waals surface area contributed by atoms with E-state index in [0.29, 0.717) is 18.0 Å². The molecule has 7 nitrogen and oxygen atoms in total. The predicted molar refractivity (Wildman–Crippen MR) is 116 cm³/mol. The molecule has 0 aliphatic carbocycles. The molecule has 3 rings (SSSR count). The molecule has 1 atom stereocenters. The van der Waals surface area contributed by atoms with Crippen molar-refractivity contribution in [3.63, 3.8) is 0 Å². The smallest absolute Gasteiger partial charge is 0.411 e. The Morgan fingerprint density at radius 1 is 1.03 bits per heavy atom. The Bertz CT molecular complexity index is 828. The lowest BCUT2D eigenvalue weighted by atomic mass is 9.96. The lowest BCUT2D eigenvalue weighted by Crippen LogP contribution is -2.40. The Hall–Kier alpha value is -2.90. The van der Waals surface area contributed by atoms with Crippen molar-refractivity contribution >= 4 is 23.4 Å². The number of benzene rings is 2. The van der Waals surface area contributed by atoms with E-state index in [-0.39, 0.29) is 18.4 Å². The number of nitrogens with zero attached hydrogens (tertiary/aromatic N) is 1. The summed E-state index contributed by atoms with van der Waals surface area (Å²) in [5.74, 6) is -0.0503. The number of ether oxygens (including phenoxy) is 2. The summed E-state index contributed by atoms with van der Waals surface area (Å²) in [4.78, 5) is 26.9. The summed E-state index contributed by atoms with van der Waals surface area (Å²) in [5, 5.41) is 5.64. The van der Waals surface area contributed by atoms with Crippen LogP contribution in [0.2, 0.25) is 0 Å². The molecular formula is C23H29N3O4. The number of hydrogen-bond acceptors (Lipinski definition) is 5. The van der Waals surface area contributed by atoms with Gasteiger partial charge in [-0.05, 0) is 43.1 Å². The van der Waals surface area contributed by atoms with Crippen LogP contribution in [0.5, 0.6) is 0 Å². The lowest BCUT2D eigenvalue weighted by Gasteiger charge is -2.32. The minimum atomic E-state index is -0.556. The fourth-order valence-electron chi connectivity index (χ4n) is 3.55. The fraction of sp³-hybridized carbons (Fsp3) is 0.391. The number of rotatable bonds is 8. The van der Waals surface area contributed by atoms with Gasteiger partial charge < -0.3 is 14.8 Å². The number of hydrogen-bond donors (Lipinski definition) is 2. The van der Waals surface area contributed by atoms with E-state index in [2.05, 4.69) is 27.7 Å². The van der Waals surface area contributed by atoms with Gasteiger partial charge in [-0.15, -0.1) is 0 Å².